The van der Waals surface area contributed by atoms with Crippen LogP contribution in [0.15, 0.2) is 45.8 Å². The first-order valence-corrected chi connectivity index (χ1v) is 17.1. The summed E-state index contributed by atoms with van der Waals surface area (Å²) >= 11 is 3.23. The van der Waals surface area contributed by atoms with E-state index in [4.69, 9.17) is 8.92 Å². The molecule has 252 valence electrons. The van der Waals surface area contributed by atoms with Gasteiger partial charge in [0.15, 0.2) is 5.54 Å². The van der Waals surface area contributed by atoms with E-state index in [9.17, 15) is 42.6 Å². The molecular formula is C30H38BrN3O11S. The van der Waals surface area contributed by atoms with Crippen LogP contribution in [0.5, 0.6) is 0 Å². The minimum Gasteiger partial charge on any atom is -0.479 e. The minimum absolute atomic E-state index is 0.145. The summed E-state index contributed by atoms with van der Waals surface area (Å²) in [6.45, 7) is 4.48. The van der Waals surface area contributed by atoms with Gasteiger partial charge in [-0.25, -0.2) is 19.3 Å². The number of ether oxygens (including phenoxy) is 1. The predicted molar refractivity (Wildman–Crippen MR) is 165 cm³/mol. The van der Waals surface area contributed by atoms with E-state index in [2.05, 4.69) is 21.2 Å². The van der Waals surface area contributed by atoms with Crippen LogP contribution in [-0.2, 0) is 33.4 Å². The predicted octanol–water partition coefficient (Wildman–Crippen LogP) is 3.89. The summed E-state index contributed by atoms with van der Waals surface area (Å²) in [5.74, 6) is -4.30. The van der Waals surface area contributed by atoms with Crippen LogP contribution in [0.25, 0.3) is 0 Å². The lowest BCUT2D eigenvalue weighted by molar-refractivity contribution is -0.154. The Morgan fingerprint density at radius 2 is 1.72 bits per heavy atom. The van der Waals surface area contributed by atoms with Crippen molar-refractivity contribution in [2.24, 2.45) is 5.92 Å². The largest absolute Gasteiger partial charge is 0.479 e. The van der Waals surface area contributed by atoms with E-state index in [0.717, 1.165) is 4.90 Å². The fourth-order valence-electron chi connectivity index (χ4n) is 5.85. The van der Waals surface area contributed by atoms with Crippen molar-refractivity contribution in [2.75, 3.05) is 6.54 Å². The third kappa shape index (κ3) is 7.89. The van der Waals surface area contributed by atoms with Crippen molar-refractivity contribution in [3.05, 3.63) is 40.9 Å². The molecule has 1 saturated heterocycles. The average Bonchev–Trinajstić information content (AvgIpc) is 3.51. The molecular weight excluding hydrogens is 690 g/mol. The zero-order valence-corrected chi connectivity index (χ0v) is 28.1. The third-order valence-electron chi connectivity index (χ3n) is 8.08. The van der Waals surface area contributed by atoms with Crippen LogP contribution >= 0.6 is 15.9 Å². The number of carboxylic acids is 1. The second kappa shape index (κ2) is 13.7. The molecule has 5 atom stereocenters. The highest BCUT2D eigenvalue weighted by molar-refractivity contribution is 9.10. The Kier molecular flexibility index (Phi) is 10.5. The van der Waals surface area contributed by atoms with E-state index >= 15 is 0 Å². The van der Waals surface area contributed by atoms with Crippen molar-refractivity contribution < 1.29 is 51.5 Å². The SMILES string of the molecule is CC(C)(C)OC(=O)N[C@H]1CCCCC/C=C\[C@@H]2C[C@@]2(C(=O)O)N(C(=O)O)C(=O)[C@@H]2C[C@H](OS(=O)(=O)c3ccc(Br)cc3)CN2C1=O. The molecule has 0 bridgehead atoms. The van der Waals surface area contributed by atoms with Gasteiger partial charge in [-0.2, -0.15) is 8.42 Å². The highest BCUT2D eigenvalue weighted by Crippen LogP contribution is 2.51. The summed E-state index contributed by atoms with van der Waals surface area (Å²) in [5.41, 5.74) is -2.98. The van der Waals surface area contributed by atoms with Gasteiger partial charge < -0.3 is 25.2 Å². The standard InChI is InChI=1S/C30H38BrN3O11S/c1-29(2,3)44-27(39)32-22-10-8-6-4-5-7-9-18-16-30(18,26(37)38)34(28(40)41)25(36)23-15-20(17-33(23)24(22)35)45-46(42,43)21-13-11-19(31)12-14-21/h7,9,11-14,18,20,22-23H,4-6,8,10,15-17H2,1-3H3,(H,32,39)(H,37,38)(H,40,41)/b9-7-/t18-,20+,22+,23+,30-/m1/s1. The van der Waals surface area contributed by atoms with Gasteiger partial charge in [0.05, 0.1) is 11.0 Å². The minimum atomic E-state index is -4.40. The van der Waals surface area contributed by atoms with E-state index in [1.54, 1.807) is 32.9 Å². The first-order valence-electron chi connectivity index (χ1n) is 14.9. The molecule has 3 N–H and O–H groups in total. The number of alkyl carbamates (subject to hydrolysis) is 1. The first kappa shape index (κ1) is 35.4. The molecule has 2 fully saturated rings. The lowest BCUT2D eigenvalue weighted by Gasteiger charge is -2.33. The number of halogens is 1. The molecule has 4 rings (SSSR count). The molecule has 0 unspecified atom stereocenters. The maximum atomic E-state index is 14.1. The number of allylic oxidation sites excluding steroid dienone is 1. The summed E-state index contributed by atoms with van der Waals surface area (Å²) < 4.78 is 37.7. The van der Waals surface area contributed by atoms with Crippen LogP contribution in [-0.4, -0.2) is 94.3 Å². The van der Waals surface area contributed by atoms with E-state index in [0.29, 0.717) is 30.2 Å². The normalized spacial score (nSPS) is 28.3. The maximum Gasteiger partial charge on any atom is 0.415 e. The molecule has 16 heteroatoms. The molecule has 2 aliphatic heterocycles. The molecule has 1 aliphatic carbocycles. The number of nitrogens with one attached hydrogen (secondary N) is 1. The molecule has 1 aromatic carbocycles. The monoisotopic (exact) mass is 727 g/mol. The molecule has 3 aliphatic rings. The van der Waals surface area contributed by atoms with Crippen LogP contribution in [0.4, 0.5) is 9.59 Å². The number of nitrogens with zero attached hydrogens (tertiary/aromatic N) is 2. The highest BCUT2D eigenvalue weighted by atomic mass is 79.9. The molecule has 14 nitrogen and oxygen atoms in total. The summed E-state index contributed by atoms with van der Waals surface area (Å²) in [7, 11) is -4.40. The topological polar surface area (TPSA) is 197 Å². The molecule has 0 spiro atoms. The van der Waals surface area contributed by atoms with E-state index in [1.807, 2.05) is 0 Å². The number of rotatable bonds is 5. The Morgan fingerprint density at radius 1 is 1.04 bits per heavy atom. The van der Waals surface area contributed by atoms with Crippen molar-refractivity contribution in [3.8, 4) is 0 Å². The number of carboxylic acid groups (broad SMARTS) is 2. The third-order valence-corrected chi connectivity index (χ3v) is 9.99. The second-order valence-electron chi connectivity index (χ2n) is 12.6. The van der Waals surface area contributed by atoms with Crippen LogP contribution in [0.1, 0.15) is 65.7 Å². The van der Waals surface area contributed by atoms with Gasteiger partial charge in [-0.1, -0.05) is 40.9 Å². The zero-order valence-electron chi connectivity index (χ0n) is 25.7. The summed E-state index contributed by atoms with van der Waals surface area (Å²) in [6.07, 6.45) is 1.27. The number of hydrogen-bond acceptors (Lipinski definition) is 9. The Morgan fingerprint density at radius 3 is 2.33 bits per heavy atom. The van der Waals surface area contributed by atoms with Crippen molar-refractivity contribution in [1.82, 2.24) is 15.1 Å². The smallest absolute Gasteiger partial charge is 0.415 e. The Labute approximate surface area is 275 Å². The average molecular weight is 729 g/mol. The number of carbonyl (C=O) groups is 5. The Hall–Kier alpha value is -3.50. The van der Waals surface area contributed by atoms with Crippen molar-refractivity contribution in [1.29, 1.82) is 0 Å². The molecule has 2 heterocycles. The number of aliphatic carboxylic acids is 1. The fourth-order valence-corrected chi connectivity index (χ4v) is 7.19. The molecule has 46 heavy (non-hydrogen) atoms. The van der Waals surface area contributed by atoms with Gasteiger partial charge in [0.2, 0.25) is 5.91 Å². The summed E-state index contributed by atoms with van der Waals surface area (Å²) in [4.78, 5) is 67.0. The van der Waals surface area contributed by atoms with Crippen molar-refractivity contribution in [3.63, 3.8) is 0 Å². The molecule has 4 amide bonds. The van der Waals surface area contributed by atoms with Gasteiger partial charge >= 0.3 is 18.2 Å². The van der Waals surface area contributed by atoms with Crippen LogP contribution < -0.4 is 5.32 Å². The maximum absolute atomic E-state index is 14.1. The lowest BCUT2D eigenvalue weighted by atomic mass is 10.0. The van der Waals surface area contributed by atoms with Crippen LogP contribution in [0.3, 0.4) is 0 Å². The number of amides is 4. The number of carbonyl (C=O) groups excluding carboxylic acids is 3. The number of benzene rings is 1. The van der Waals surface area contributed by atoms with Crippen LogP contribution in [0.2, 0.25) is 0 Å². The lowest BCUT2D eigenvalue weighted by Crippen LogP contribution is -2.59. The summed E-state index contributed by atoms with van der Waals surface area (Å²) in [6, 6.07) is 2.76. The van der Waals surface area contributed by atoms with Gasteiger partial charge in [0.25, 0.3) is 16.0 Å². The fraction of sp³-hybridized carbons (Fsp3) is 0.567. The van der Waals surface area contributed by atoms with Crippen LogP contribution in [0, 0.1) is 5.92 Å². The quantitative estimate of drug-likeness (QED) is 0.294. The van der Waals surface area contributed by atoms with Gasteiger partial charge in [-0.3, -0.25) is 13.8 Å². The highest BCUT2D eigenvalue weighted by Gasteiger charge is 2.68. The van der Waals surface area contributed by atoms with E-state index in [-0.39, 0.29) is 22.6 Å². The molecule has 1 aromatic rings. The zero-order chi connectivity index (χ0) is 34.0. The molecule has 1 saturated carbocycles. The Bertz CT molecular complexity index is 1510. The Balaban J connectivity index is 1.73. The van der Waals surface area contributed by atoms with Gasteiger partial charge in [-0.05, 0) is 70.7 Å². The van der Waals surface area contributed by atoms with Crippen molar-refractivity contribution >= 4 is 56.0 Å². The molecule has 0 radical (unpaired) electrons. The first-order chi connectivity index (χ1) is 21.5. The molecule has 0 aromatic heterocycles. The van der Waals surface area contributed by atoms with E-state index in [1.165, 1.54) is 24.3 Å². The van der Waals surface area contributed by atoms with Gasteiger partial charge in [-0.15, -0.1) is 0 Å². The number of imide groups is 1. The number of fused-ring (bicyclic) bond motifs is 2. The van der Waals surface area contributed by atoms with Gasteiger partial charge in [0, 0.05) is 23.4 Å². The van der Waals surface area contributed by atoms with Gasteiger partial charge in [0.1, 0.15) is 17.7 Å². The summed E-state index contributed by atoms with van der Waals surface area (Å²) in [5, 5.41) is 22.9. The second-order valence-corrected chi connectivity index (χ2v) is 15.1. The van der Waals surface area contributed by atoms with Crippen molar-refractivity contribution in [2.45, 2.75) is 99.9 Å². The number of hydrogen-bond donors (Lipinski definition) is 3. The van der Waals surface area contributed by atoms with E-state index < -0.39 is 88.3 Å².